The Hall–Kier alpha value is -0.920. The Bertz CT molecular complexity index is 424. The maximum absolute atomic E-state index is 12.9. The number of nitrogens with zero attached hydrogens (tertiary/aromatic N) is 1. The highest BCUT2D eigenvalue weighted by molar-refractivity contribution is 14.0. The van der Waals surface area contributed by atoms with Crippen LogP contribution >= 0.6 is 24.0 Å². The van der Waals surface area contributed by atoms with Gasteiger partial charge in [-0.25, -0.2) is 8.78 Å². The topological polar surface area (TPSA) is 36.4 Å². The average molecular weight is 367 g/mol. The average Bonchev–Trinajstić information content (AvgIpc) is 2.35. The SMILES string of the molecule is Fc1ccc(CCNC2=NCCCN2)cc1F.I. The van der Waals surface area contributed by atoms with Crippen LogP contribution in [-0.2, 0) is 6.42 Å². The molecule has 1 aromatic carbocycles. The summed E-state index contributed by atoms with van der Waals surface area (Å²) in [7, 11) is 0. The smallest absolute Gasteiger partial charge is 0.191 e. The van der Waals surface area contributed by atoms with Crippen molar-refractivity contribution in [2.45, 2.75) is 12.8 Å². The molecular formula is C12H16F2IN3. The van der Waals surface area contributed by atoms with Crippen molar-refractivity contribution < 1.29 is 8.78 Å². The van der Waals surface area contributed by atoms with Gasteiger partial charge in [-0.1, -0.05) is 6.07 Å². The van der Waals surface area contributed by atoms with Crippen LogP contribution in [0.5, 0.6) is 0 Å². The van der Waals surface area contributed by atoms with Gasteiger partial charge in [-0.2, -0.15) is 0 Å². The van der Waals surface area contributed by atoms with Crippen molar-refractivity contribution in [3.8, 4) is 0 Å². The zero-order valence-corrected chi connectivity index (χ0v) is 12.2. The molecule has 0 spiro atoms. The van der Waals surface area contributed by atoms with E-state index in [9.17, 15) is 8.78 Å². The first-order valence-electron chi connectivity index (χ1n) is 5.72. The Labute approximate surface area is 122 Å². The molecule has 6 heteroatoms. The maximum atomic E-state index is 12.9. The number of rotatable bonds is 3. The molecule has 18 heavy (non-hydrogen) atoms. The van der Waals surface area contributed by atoms with E-state index in [1.165, 1.54) is 6.07 Å². The Morgan fingerprint density at radius 1 is 1.28 bits per heavy atom. The molecule has 1 heterocycles. The van der Waals surface area contributed by atoms with Gasteiger partial charge in [-0.15, -0.1) is 24.0 Å². The summed E-state index contributed by atoms with van der Waals surface area (Å²) < 4.78 is 25.6. The summed E-state index contributed by atoms with van der Waals surface area (Å²) in [6.07, 6.45) is 1.69. The third-order valence-electron chi connectivity index (χ3n) is 2.59. The molecule has 100 valence electrons. The van der Waals surface area contributed by atoms with Gasteiger partial charge in [0.05, 0.1) is 0 Å². The van der Waals surface area contributed by atoms with Crippen LogP contribution in [0.1, 0.15) is 12.0 Å². The Morgan fingerprint density at radius 3 is 2.78 bits per heavy atom. The fourth-order valence-electron chi connectivity index (χ4n) is 1.67. The van der Waals surface area contributed by atoms with Gasteiger partial charge in [0.15, 0.2) is 17.6 Å². The van der Waals surface area contributed by atoms with Crippen molar-refractivity contribution in [3.63, 3.8) is 0 Å². The van der Waals surface area contributed by atoms with Crippen molar-refractivity contribution in [1.29, 1.82) is 0 Å². The summed E-state index contributed by atoms with van der Waals surface area (Å²) >= 11 is 0. The molecule has 0 saturated heterocycles. The van der Waals surface area contributed by atoms with Crippen LogP contribution in [0.3, 0.4) is 0 Å². The minimum absolute atomic E-state index is 0. The number of hydrogen-bond acceptors (Lipinski definition) is 3. The lowest BCUT2D eigenvalue weighted by atomic mass is 10.1. The molecule has 3 nitrogen and oxygen atoms in total. The van der Waals surface area contributed by atoms with Gasteiger partial charge in [0.1, 0.15) is 0 Å². The van der Waals surface area contributed by atoms with Crippen molar-refractivity contribution in [2.75, 3.05) is 19.6 Å². The second kappa shape index (κ2) is 7.50. The second-order valence-corrected chi connectivity index (χ2v) is 3.94. The van der Waals surface area contributed by atoms with Gasteiger partial charge in [0, 0.05) is 19.6 Å². The van der Waals surface area contributed by atoms with E-state index < -0.39 is 11.6 Å². The monoisotopic (exact) mass is 367 g/mol. The van der Waals surface area contributed by atoms with E-state index in [4.69, 9.17) is 0 Å². The fraction of sp³-hybridized carbons (Fsp3) is 0.417. The van der Waals surface area contributed by atoms with Crippen molar-refractivity contribution in [1.82, 2.24) is 10.6 Å². The van der Waals surface area contributed by atoms with Crippen LogP contribution in [0.25, 0.3) is 0 Å². The molecule has 0 aromatic heterocycles. The summed E-state index contributed by atoms with van der Waals surface area (Å²) in [5, 5.41) is 6.26. The molecule has 0 saturated carbocycles. The number of nitrogens with one attached hydrogen (secondary N) is 2. The molecule has 0 bridgehead atoms. The second-order valence-electron chi connectivity index (χ2n) is 3.94. The summed E-state index contributed by atoms with van der Waals surface area (Å²) in [4.78, 5) is 4.25. The number of guanidine groups is 1. The van der Waals surface area contributed by atoms with Crippen LogP contribution < -0.4 is 10.6 Å². The van der Waals surface area contributed by atoms with E-state index in [-0.39, 0.29) is 24.0 Å². The van der Waals surface area contributed by atoms with E-state index in [0.717, 1.165) is 37.1 Å². The van der Waals surface area contributed by atoms with Crippen molar-refractivity contribution in [3.05, 3.63) is 35.4 Å². The van der Waals surface area contributed by atoms with E-state index >= 15 is 0 Å². The Kier molecular flexibility index (Phi) is 6.31. The number of halogens is 3. The number of aliphatic imine (C=N–C) groups is 1. The number of hydrogen-bond donors (Lipinski definition) is 2. The normalized spacial score (nSPS) is 14.2. The van der Waals surface area contributed by atoms with Gasteiger partial charge in [-0.3, -0.25) is 4.99 Å². The third kappa shape index (κ3) is 4.40. The Balaban J connectivity index is 0.00000162. The minimum Gasteiger partial charge on any atom is -0.356 e. The largest absolute Gasteiger partial charge is 0.356 e. The van der Waals surface area contributed by atoms with E-state index in [1.54, 1.807) is 6.07 Å². The summed E-state index contributed by atoms with van der Waals surface area (Å²) in [6.45, 7) is 2.41. The summed E-state index contributed by atoms with van der Waals surface area (Å²) in [5.74, 6) is -0.811. The molecule has 0 amide bonds. The van der Waals surface area contributed by atoms with Crippen molar-refractivity contribution >= 4 is 29.9 Å². The first-order valence-corrected chi connectivity index (χ1v) is 5.72. The predicted octanol–water partition coefficient (Wildman–Crippen LogP) is 2.06. The molecule has 2 rings (SSSR count). The molecular weight excluding hydrogens is 351 g/mol. The zero-order chi connectivity index (χ0) is 12.1. The first-order chi connectivity index (χ1) is 8.25. The van der Waals surface area contributed by atoms with E-state index in [0.29, 0.717) is 13.0 Å². The molecule has 0 aliphatic carbocycles. The van der Waals surface area contributed by atoms with E-state index in [1.807, 2.05) is 0 Å². The van der Waals surface area contributed by atoms with Crippen LogP contribution in [0.4, 0.5) is 8.78 Å². The quantitative estimate of drug-likeness (QED) is 0.803. The molecule has 0 radical (unpaired) electrons. The van der Waals surface area contributed by atoms with Crippen LogP contribution in [0, 0.1) is 11.6 Å². The molecule has 1 aromatic rings. The maximum Gasteiger partial charge on any atom is 0.191 e. The summed E-state index contributed by atoms with van der Waals surface area (Å²) in [5.41, 5.74) is 0.771. The lowest BCUT2D eigenvalue weighted by Crippen LogP contribution is -2.41. The molecule has 1 aliphatic heterocycles. The highest BCUT2D eigenvalue weighted by Gasteiger charge is 2.04. The fourth-order valence-corrected chi connectivity index (χ4v) is 1.67. The zero-order valence-electron chi connectivity index (χ0n) is 9.88. The standard InChI is InChI=1S/C12H15F2N3.HI/c13-10-3-2-9(8-11(10)14)4-7-17-12-15-5-1-6-16-12;/h2-3,8H,1,4-7H2,(H2,15,16,17);1H. The van der Waals surface area contributed by atoms with Crippen LogP contribution in [-0.4, -0.2) is 25.6 Å². The van der Waals surface area contributed by atoms with Crippen LogP contribution in [0.2, 0.25) is 0 Å². The molecule has 0 fully saturated rings. The van der Waals surface area contributed by atoms with Gasteiger partial charge >= 0.3 is 0 Å². The highest BCUT2D eigenvalue weighted by Crippen LogP contribution is 2.08. The summed E-state index contributed by atoms with van der Waals surface area (Å²) in [6, 6.07) is 3.98. The first kappa shape index (κ1) is 15.1. The Morgan fingerprint density at radius 2 is 2.11 bits per heavy atom. The van der Waals surface area contributed by atoms with Gasteiger partial charge in [-0.05, 0) is 30.5 Å². The van der Waals surface area contributed by atoms with Crippen LogP contribution in [0.15, 0.2) is 23.2 Å². The molecule has 1 aliphatic rings. The number of benzene rings is 1. The van der Waals surface area contributed by atoms with Gasteiger partial charge in [0.25, 0.3) is 0 Å². The highest BCUT2D eigenvalue weighted by atomic mass is 127. The lowest BCUT2D eigenvalue weighted by molar-refractivity contribution is 0.507. The third-order valence-corrected chi connectivity index (χ3v) is 2.59. The van der Waals surface area contributed by atoms with Gasteiger partial charge < -0.3 is 10.6 Å². The minimum atomic E-state index is -0.806. The van der Waals surface area contributed by atoms with E-state index in [2.05, 4.69) is 15.6 Å². The predicted molar refractivity (Wildman–Crippen MR) is 78.4 cm³/mol. The molecule has 2 N–H and O–H groups in total. The van der Waals surface area contributed by atoms with Crippen molar-refractivity contribution in [2.24, 2.45) is 4.99 Å². The lowest BCUT2D eigenvalue weighted by Gasteiger charge is -2.15. The van der Waals surface area contributed by atoms with Gasteiger partial charge in [0.2, 0.25) is 0 Å². The molecule has 0 unspecified atom stereocenters. The molecule has 0 atom stereocenters.